The third-order valence-electron chi connectivity index (χ3n) is 1.42. The maximum Gasteiger partial charge on any atom is 0.0554 e. The summed E-state index contributed by atoms with van der Waals surface area (Å²) in [5.74, 6) is 0. The van der Waals surface area contributed by atoms with Crippen LogP contribution in [-0.4, -0.2) is 13.3 Å². The second-order valence-electron chi connectivity index (χ2n) is 2.49. The first-order valence-corrected chi connectivity index (χ1v) is 6.64. The van der Waals surface area contributed by atoms with Crippen LogP contribution in [0.5, 0.6) is 0 Å². The molecule has 0 fully saturated rings. The van der Waals surface area contributed by atoms with Gasteiger partial charge in [-0.3, -0.25) is 0 Å². The van der Waals surface area contributed by atoms with Crippen LogP contribution in [0.15, 0.2) is 22.7 Å². The van der Waals surface area contributed by atoms with Gasteiger partial charge in [0.25, 0.3) is 0 Å². The van der Waals surface area contributed by atoms with E-state index in [1.165, 1.54) is 5.30 Å². The summed E-state index contributed by atoms with van der Waals surface area (Å²) in [6.45, 7) is 4.43. The Hall–Kier alpha value is 0.420. The number of halogens is 2. The van der Waals surface area contributed by atoms with Gasteiger partial charge >= 0.3 is 0 Å². The van der Waals surface area contributed by atoms with Crippen LogP contribution in [0, 0.1) is 0 Å². The molecule has 0 heterocycles. The summed E-state index contributed by atoms with van der Waals surface area (Å²) >= 11 is 9.28. The van der Waals surface area contributed by atoms with E-state index in [0.717, 1.165) is 9.50 Å². The van der Waals surface area contributed by atoms with Gasteiger partial charge in [0.05, 0.1) is 5.02 Å². The van der Waals surface area contributed by atoms with Gasteiger partial charge in [0.2, 0.25) is 0 Å². The molecule has 1 aromatic rings. The van der Waals surface area contributed by atoms with E-state index in [1.54, 1.807) is 0 Å². The third kappa shape index (κ3) is 2.43. The minimum absolute atomic E-state index is 0.0294. The Morgan fingerprint density at radius 2 is 2.00 bits per heavy atom. The summed E-state index contributed by atoms with van der Waals surface area (Å²) in [5, 5.41) is 2.15. The second-order valence-corrected chi connectivity index (χ2v) is 6.06. The Kier molecular flexibility index (Phi) is 3.36. The molecule has 60 valence electrons. The van der Waals surface area contributed by atoms with E-state index < -0.39 is 0 Å². The van der Waals surface area contributed by atoms with Gasteiger partial charge in [0, 0.05) is 4.47 Å². The summed E-state index contributed by atoms with van der Waals surface area (Å²) < 4.78 is 0.972. The van der Waals surface area contributed by atoms with Crippen molar-refractivity contribution in [2.45, 2.75) is 0 Å². The van der Waals surface area contributed by atoms with Gasteiger partial charge in [-0.1, -0.05) is 25.6 Å². The molecule has 0 bridgehead atoms. The van der Waals surface area contributed by atoms with Gasteiger partial charge < -0.3 is 0 Å². The standard InChI is InChI=1S/C8H9BrClP/c1-11(2)6-3-4-7(9)8(10)5-6/h3-5H,1-2H3. The molecule has 11 heavy (non-hydrogen) atoms. The van der Waals surface area contributed by atoms with Crippen molar-refractivity contribution in [1.82, 2.24) is 0 Å². The first-order chi connectivity index (χ1) is 5.11. The zero-order valence-corrected chi connectivity index (χ0v) is 9.67. The average molecular weight is 251 g/mol. The highest BCUT2D eigenvalue weighted by molar-refractivity contribution is 9.10. The van der Waals surface area contributed by atoms with Crippen molar-refractivity contribution in [1.29, 1.82) is 0 Å². The van der Waals surface area contributed by atoms with Gasteiger partial charge in [-0.05, 0) is 46.7 Å². The molecule has 1 aromatic carbocycles. The van der Waals surface area contributed by atoms with E-state index in [0.29, 0.717) is 0 Å². The first-order valence-electron chi connectivity index (χ1n) is 3.23. The molecule has 0 nitrogen and oxygen atoms in total. The van der Waals surface area contributed by atoms with Crippen LogP contribution in [0.1, 0.15) is 0 Å². The van der Waals surface area contributed by atoms with Crippen LogP contribution < -0.4 is 5.30 Å². The highest BCUT2D eigenvalue weighted by atomic mass is 79.9. The first kappa shape index (κ1) is 9.51. The lowest BCUT2D eigenvalue weighted by Crippen LogP contribution is -1.97. The van der Waals surface area contributed by atoms with Crippen LogP contribution in [-0.2, 0) is 0 Å². The molecular formula is C8H9BrClP. The van der Waals surface area contributed by atoms with E-state index in [2.05, 4.69) is 35.3 Å². The monoisotopic (exact) mass is 250 g/mol. The van der Waals surface area contributed by atoms with Gasteiger partial charge in [-0.25, -0.2) is 0 Å². The minimum Gasteiger partial charge on any atom is -0.0831 e. The lowest BCUT2D eigenvalue weighted by atomic mass is 10.4. The predicted molar refractivity (Wildman–Crippen MR) is 57.6 cm³/mol. The minimum atomic E-state index is -0.0294. The van der Waals surface area contributed by atoms with E-state index >= 15 is 0 Å². The van der Waals surface area contributed by atoms with Crippen molar-refractivity contribution in [3.63, 3.8) is 0 Å². The van der Waals surface area contributed by atoms with E-state index in [9.17, 15) is 0 Å². The molecule has 1 rings (SSSR count). The third-order valence-corrected chi connectivity index (χ3v) is 3.96. The Balaban J connectivity index is 3.05. The molecular weight excluding hydrogens is 242 g/mol. The highest BCUT2D eigenvalue weighted by Crippen LogP contribution is 2.28. The van der Waals surface area contributed by atoms with Gasteiger partial charge in [0.1, 0.15) is 0 Å². The average Bonchev–Trinajstić information content (AvgIpc) is 1.94. The van der Waals surface area contributed by atoms with E-state index in [1.807, 2.05) is 12.1 Å². The van der Waals surface area contributed by atoms with Crippen LogP contribution in [0.25, 0.3) is 0 Å². The Bertz CT molecular complexity index is 260. The molecule has 0 aliphatic rings. The molecule has 0 aliphatic carbocycles. The maximum atomic E-state index is 5.92. The molecule has 0 atom stereocenters. The zero-order chi connectivity index (χ0) is 8.43. The van der Waals surface area contributed by atoms with E-state index in [4.69, 9.17) is 11.6 Å². The molecule has 0 amide bonds. The molecule has 0 aromatic heterocycles. The smallest absolute Gasteiger partial charge is 0.0554 e. The van der Waals surface area contributed by atoms with Gasteiger partial charge in [-0.2, -0.15) is 0 Å². The number of benzene rings is 1. The van der Waals surface area contributed by atoms with Crippen LogP contribution in [0.3, 0.4) is 0 Å². The Morgan fingerprint density at radius 1 is 1.36 bits per heavy atom. The van der Waals surface area contributed by atoms with Gasteiger partial charge in [0.15, 0.2) is 0 Å². The molecule has 0 spiro atoms. The van der Waals surface area contributed by atoms with Crippen molar-refractivity contribution in [2.75, 3.05) is 13.3 Å². The zero-order valence-electron chi connectivity index (χ0n) is 6.44. The second kappa shape index (κ2) is 3.89. The topological polar surface area (TPSA) is 0 Å². The summed E-state index contributed by atoms with van der Waals surface area (Å²) in [4.78, 5) is 0. The maximum absolute atomic E-state index is 5.92. The molecule has 0 saturated heterocycles. The summed E-state index contributed by atoms with van der Waals surface area (Å²) in [6.07, 6.45) is 0. The fourth-order valence-electron chi connectivity index (χ4n) is 0.763. The molecule has 0 saturated carbocycles. The number of rotatable bonds is 1. The Morgan fingerprint density at radius 3 is 2.45 bits per heavy atom. The molecule has 3 heteroatoms. The van der Waals surface area contributed by atoms with Crippen molar-refractivity contribution in [2.24, 2.45) is 0 Å². The predicted octanol–water partition coefficient (Wildman–Crippen LogP) is 3.47. The van der Waals surface area contributed by atoms with Crippen LogP contribution >= 0.6 is 35.5 Å². The molecule has 0 unspecified atom stereocenters. The number of hydrogen-bond donors (Lipinski definition) is 0. The van der Waals surface area contributed by atoms with Crippen molar-refractivity contribution in [3.05, 3.63) is 27.7 Å². The van der Waals surface area contributed by atoms with Crippen molar-refractivity contribution >= 4 is 40.8 Å². The lowest BCUT2D eigenvalue weighted by Gasteiger charge is -2.06. The van der Waals surface area contributed by atoms with E-state index in [-0.39, 0.29) is 7.92 Å². The summed E-state index contributed by atoms with van der Waals surface area (Å²) in [6, 6.07) is 6.14. The lowest BCUT2D eigenvalue weighted by molar-refractivity contribution is 1.69. The van der Waals surface area contributed by atoms with Crippen molar-refractivity contribution in [3.8, 4) is 0 Å². The summed E-state index contributed by atoms with van der Waals surface area (Å²) in [7, 11) is -0.0294. The van der Waals surface area contributed by atoms with Crippen molar-refractivity contribution < 1.29 is 0 Å². The molecule has 0 radical (unpaired) electrons. The number of hydrogen-bond acceptors (Lipinski definition) is 0. The van der Waals surface area contributed by atoms with Crippen LogP contribution in [0.2, 0.25) is 5.02 Å². The summed E-state index contributed by atoms with van der Waals surface area (Å²) in [5.41, 5.74) is 0. The largest absolute Gasteiger partial charge is 0.0831 e. The molecule has 0 aliphatic heterocycles. The van der Waals surface area contributed by atoms with Gasteiger partial charge in [-0.15, -0.1) is 0 Å². The van der Waals surface area contributed by atoms with Crippen LogP contribution in [0.4, 0.5) is 0 Å². The SMILES string of the molecule is CP(C)c1ccc(Br)c(Cl)c1. The molecule has 0 N–H and O–H groups in total. The fourth-order valence-corrected chi connectivity index (χ4v) is 2.03. The fraction of sp³-hybridized carbons (Fsp3) is 0.250. The normalized spacial score (nSPS) is 10.6. The quantitative estimate of drug-likeness (QED) is 0.671. The highest BCUT2D eigenvalue weighted by Gasteiger charge is 2.01. The Labute approximate surface area is 81.8 Å².